The largest absolute Gasteiger partial charge is 0.391 e. The monoisotopic (exact) mass is 298 g/mol. The number of ketones is 1. The van der Waals surface area contributed by atoms with Crippen LogP contribution in [0, 0.1) is 0 Å². The van der Waals surface area contributed by atoms with E-state index < -0.39 is 28.4 Å². The summed E-state index contributed by atoms with van der Waals surface area (Å²) in [6, 6.07) is 0. The SMILES string of the molecule is O=C(C(F)(F)C(F)(F)Cl)C(F)(F)C(F)(F)Cl. The Morgan fingerprint density at radius 2 is 0.875 bits per heavy atom. The molecule has 0 rings (SSSR count). The van der Waals surface area contributed by atoms with Crippen LogP contribution in [-0.2, 0) is 4.79 Å². The molecule has 0 N–H and O–H groups in total. The van der Waals surface area contributed by atoms with Crippen LogP contribution in [0.3, 0.4) is 0 Å². The first-order valence-electron chi connectivity index (χ1n) is 3.09. The van der Waals surface area contributed by atoms with Crippen LogP contribution in [0.4, 0.5) is 35.1 Å². The van der Waals surface area contributed by atoms with Crippen LogP contribution < -0.4 is 0 Å². The van der Waals surface area contributed by atoms with Crippen molar-refractivity contribution in [2.24, 2.45) is 0 Å². The maximum atomic E-state index is 12.2. The molecule has 96 valence electrons. The lowest BCUT2D eigenvalue weighted by molar-refractivity contribution is -0.221. The van der Waals surface area contributed by atoms with Gasteiger partial charge in [-0.05, 0) is 23.2 Å². The van der Waals surface area contributed by atoms with E-state index >= 15 is 0 Å². The third-order valence-electron chi connectivity index (χ3n) is 1.28. The molecule has 0 radical (unpaired) electrons. The smallest absolute Gasteiger partial charge is 0.285 e. The van der Waals surface area contributed by atoms with Crippen LogP contribution in [0.15, 0.2) is 0 Å². The maximum absolute atomic E-state index is 12.2. The first kappa shape index (κ1) is 15.7. The van der Waals surface area contributed by atoms with E-state index in [1.54, 1.807) is 0 Å². The molecule has 0 atom stereocenters. The summed E-state index contributed by atoms with van der Waals surface area (Å²) in [5.41, 5.74) is 0. The van der Waals surface area contributed by atoms with Gasteiger partial charge in [-0.2, -0.15) is 35.1 Å². The lowest BCUT2D eigenvalue weighted by Crippen LogP contribution is -2.56. The quantitative estimate of drug-likeness (QED) is 0.573. The molecule has 0 aliphatic carbocycles. The van der Waals surface area contributed by atoms with Crippen LogP contribution in [-0.4, -0.2) is 28.4 Å². The van der Waals surface area contributed by atoms with E-state index in [-0.39, 0.29) is 0 Å². The average Bonchev–Trinajstić information content (AvgIpc) is 1.98. The van der Waals surface area contributed by atoms with Gasteiger partial charge in [0, 0.05) is 0 Å². The van der Waals surface area contributed by atoms with E-state index in [1.807, 2.05) is 0 Å². The number of Topliss-reactive ketones (excluding diaryl/α,β-unsaturated/α-hetero) is 1. The van der Waals surface area contributed by atoms with Crippen molar-refractivity contribution in [3.8, 4) is 0 Å². The Morgan fingerprint density at radius 1 is 0.688 bits per heavy atom. The van der Waals surface area contributed by atoms with Crippen LogP contribution in [0.5, 0.6) is 0 Å². The summed E-state index contributed by atoms with van der Waals surface area (Å²) in [6.07, 6.45) is 0. The van der Waals surface area contributed by atoms with Crippen molar-refractivity contribution in [1.82, 2.24) is 0 Å². The Kier molecular flexibility index (Phi) is 3.79. The number of rotatable bonds is 4. The molecule has 0 unspecified atom stereocenters. The number of alkyl halides is 10. The van der Waals surface area contributed by atoms with Gasteiger partial charge in [0.25, 0.3) is 5.78 Å². The predicted octanol–water partition coefficient (Wildman–Crippen LogP) is 3.49. The molecule has 0 amide bonds. The number of carbonyl (C=O) groups excluding carboxylic acids is 1. The van der Waals surface area contributed by atoms with Gasteiger partial charge < -0.3 is 0 Å². The van der Waals surface area contributed by atoms with E-state index in [0.29, 0.717) is 0 Å². The molecule has 11 heteroatoms. The number of halogens is 10. The van der Waals surface area contributed by atoms with Crippen molar-refractivity contribution < 1.29 is 39.9 Å². The zero-order valence-electron chi connectivity index (χ0n) is 6.69. The van der Waals surface area contributed by atoms with Gasteiger partial charge in [0.1, 0.15) is 0 Å². The molecule has 0 saturated heterocycles. The van der Waals surface area contributed by atoms with Gasteiger partial charge in [-0.15, -0.1) is 0 Å². The minimum Gasteiger partial charge on any atom is -0.285 e. The zero-order chi connectivity index (χ0) is 13.6. The first-order chi connectivity index (χ1) is 6.65. The second-order valence-corrected chi connectivity index (χ2v) is 3.42. The Labute approximate surface area is 92.3 Å². The molecular weight excluding hydrogens is 299 g/mol. The molecule has 0 heterocycles. The fourth-order valence-electron chi connectivity index (χ4n) is 0.455. The minimum atomic E-state index is -6.18. The zero-order valence-corrected chi connectivity index (χ0v) is 8.20. The summed E-state index contributed by atoms with van der Waals surface area (Å²) in [6.45, 7) is 0. The molecule has 0 aliphatic rings. The molecule has 0 saturated carbocycles. The molecule has 0 spiro atoms. The van der Waals surface area contributed by atoms with Gasteiger partial charge >= 0.3 is 22.6 Å². The lowest BCUT2D eigenvalue weighted by atomic mass is 10.1. The third kappa shape index (κ3) is 2.50. The average molecular weight is 299 g/mol. The van der Waals surface area contributed by atoms with Crippen LogP contribution in [0.1, 0.15) is 0 Å². The maximum Gasteiger partial charge on any atom is 0.391 e. The van der Waals surface area contributed by atoms with Crippen molar-refractivity contribution in [2.75, 3.05) is 0 Å². The fourth-order valence-corrected chi connectivity index (χ4v) is 0.626. The van der Waals surface area contributed by atoms with Crippen molar-refractivity contribution >= 4 is 29.0 Å². The van der Waals surface area contributed by atoms with Crippen LogP contribution in [0.25, 0.3) is 0 Å². The number of hydrogen-bond donors (Lipinski definition) is 0. The lowest BCUT2D eigenvalue weighted by Gasteiger charge is -2.26. The van der Waals surface area contributed by atoms with E-state index in [9.17, 15) is 39.9 Å². The van der Waals surface area contributed by atoms with Crippen molar-refractivity contribution in [1.29, 1.82) is 0 Å². The van der Waals surface area contributed by atoms with Crippen molar-refractivity contribution in [3.63, 3.8) is 0 Å². The second-order valence-electron chi connectivity index (χ2n) is 2.47. The van der Waals surface area contributed by atoms with Gasteiger partial charge in [0.15, 0.2) is 0 Å². The molecule has 0 fully saturated rings. The summed E-state index contributed by atoms with van der Waals surface area (Å²) in [5.74, 6) is -16.4. The first-order valence-corrected chi connectivity index (χ1v) is 3.85. The number of hydrogen-bond acceptors (Lipinski definition) is 1. The second kappa shape index (κ2) is 3.86. The fraction of sp³-hybridized carbons (Fsp3) is 0.800. The highest BCUT2D eigenvalue weighted by Crippen LogP contribution is 2.47. The molecular formula is C5Cl2F8O. The molecule has 0 aromatic rings. The molecule has 0 aromatic carbocycles. The summed E-state index contributed by atoms with van der Waals surface area (Å²) < 4.78 is 96.4. The van der Waals surface area contributed by atoms with Crippen molar-refractivity contribution in [3.05, 3.63) is 0 Å². The minimum absolute atomic E-state index is 3.65. The van der Waals surface area contributed by atoms with Gasteiger partial charge in [0.05, 0.1) is 0 Å². The summed E-state index contributed by atoms with van der Waals surface area (Å²) in [7, 11) is 0. The van der Waals surface area contributed by atoms with Gasteiger partial charge in [0.2, 0.25) is 0 Å². The van der Waals surface area contributed by atoms with Gasteiger partial charge in [-0.3, -0.25) is 4.79 Å². The molecule has 0 aromatic heterocycles. The summed E-state index contributed by atoms with van der Waals surface area (Å²) >= 11 is 7.30. The predicted molar refractivity (Wildman–Crippen MR) is 36.5 cm³/mol. The van der Waals surface area contributed by atoms with Gasteiger partial charge in [-0.1, -0.05) is 0 Å². The van der Waals surface area contributed by atoms with E-state index in [2.05, 4.69) is 23.2 Å². The molecule has 0 bridgehead atoms. The van der Waals surface area contributed by atoms with Crippen LogP contribution in [0.2, 0.25) is 0 Å². The molecule has 1 nitrogen and oxygen atoms in total. The standard InChI is InChI=1S/C5Cl2F8O/c6-4(12,13)2(8,9)1(16)3(10,11)5(7,14)15. The molecule has 16 heavy (non-hydrogen) atoms. The highest BCUT2D eigenvalue weighted by molar-refractivity contribution is 6.27. The number of carbonyl (C=O) groups is 1. The normalized spacial score (nSPS) is 15.1. The summed E-state index contributed by atoms with van der Waals surface area (Å²) in [4.78, 5) is 10.2. The van der Waals surface area contributed by atoms with E-state index in [1.165, 1.54) is 0 Å². The Bertz CT molecular complexity index is 262. The van der Waals surface area contributed by atoms with E-state index in [4.69, 9.17) is 0 Å². The van der Waals surface area contributed by atoms with E-state index in [0.717, 1.165) is 0 Å². The van der Waals surface area contributed by atoms with Crippen molar-refractivity contribution in [2.45, 2.75) is 22.6 Å². The topological polar surface area (TPSA) is 17.1 Å². The Hall–Kier alpha value is -0.310. The van der Waals surface area contributed by atoms with Crippen LogP contribution >= 0.6 is 23.2 Å². The third-order valence-corrected chi connectivity index (χ3v) is 1.76. The Morgan fingerprint density at radius 3 is 1.00 bits per heavy atom. The van der Waals surface area contributed by atoms with Gasteiger partial charge in [-0.25, -0.2) is 0 Å². The molecule has 0 aliphatic heterocycles. The highest BCUT2D eigenvalue weighted by Gasteiger charge is 2.74. The highest BCUT2D eigenvalue weighted by atomic mass is 35.5. The Balaban J connectivity index is 5.40. The summed E-state index contributed by atoms with van der Waals surface area (Å²) in [5, 5.41) is -11.5.